The molecule has 41 heavy (non-hydrogen) atoms. The lowest BCUT2D eigenvalue weighted by Gasteiger charge is -2.32. The summed E-state index contributed by atoms with van der Waals surface area (Å²) in [5.41, 5.74) is 0.506. The first-order valence-electron chi connectivity index (χ1n) is 12.2. The van der Waals surface area contributed by atoms with Crippen molar-refractivity contribution in [1.82, 2.24) is 35.0 Å². The molecule has 16 heteroatoms. The molecule has 2 amide bonds. The van der Waals surface area contributed by atoms with Crippen LogP contribution < -0.4 is 10.1 Å². The fraction of sp³-hybridized carbons (Fsp3) is 0.320. The Morgan fingerprint density at radius 2 is 1.73 bits per heavy atom. The molecule has 1 aliphatic rings. The third kappa shape index (κ3) is 5.76. The van der Waals surface area contributed by atoms with Gasteiger partial charge in [0, 0.05) is 25.2 Å². The number of amides is 2. The van der Waals surface area contributed by atoms with Crippen LogP contribution in [0.2, 0.25) is 0 Å². The number of alkyl halides is 3. The lowest BCUT2D eigenvalue weighted by atomic mass is 9.90. The average Bonchev–Trinajstić information content (AvgIpc) is 3.44. The molecule has 4 aromatic rings. The standard InChI is InChI=1S/C25H21F5N8O3/c1-12-17(21-37-36-20(41-21)16-6-9-31-22(33-16)25(28,29)30)18(34-23(32-12)40-2)13-7-10-38(11-8-13)24(39)35-19-14(26)4-3-5-15(19)27/h3-6,9,13H,7-8,10-11H2,1-2H3,(H,35,39). The highest BCUT2D eigenvalue weighted by Crippen LogP contribution is 2.37. The fourth-order valence-electron chi connectivity index (χ4n) is 4.42. The normalized spacial score (nSPS) is 14.3. The molecule has 0 aliphatic carbocycles. The second kappa shape index (κ2) is 11.0. The average molecular weight is 576 g/mol. The van der Waals surface area contributed by atoms with Crippen LogP contribution >= 0.6 is 0 Å². The van der Waals surface area contributed by atoms with E-state index in [1.165, 1.54) is 24.1 Å². The Kier molecular flexibility index (Phi) is 7.47. The van der Waals surface area contributed by atoms with Gasteiger partial charge in [-0.25, -0.2) is 23.5 Å². The van der Waals surface area contributed by atoms with Gasteiger partial charge in [-0.05, 0) is 38.0 Å². The van der Waals surface area contributed by atoms with Crippen molar-refractivity contribution in [2.45, 2.75) is 31.9 Å². The Bertz CT molecular complexity index is 1570. The van der Waals surface area contributed by atoms with E-state index in [9.17, 15) is 26.7 Å². The van der Waals surface area contributed by atoms with Gasteiger partial charge in [0.2, 0.25) is 5.82 Å². The molecule has 1 aromatic carbocycles. The number of methoxy groups -OCH3 is 1. The Morgan fingerprint density at radius 1 is 1.05 bits per heavy atom. The van der Waals surface area contributed by atoms with Gasteiger partial charge in [0.25, 0.3) is 11.8 Å². The van der Waals surface area contributed by atoms with Crippen molar-refractivity contribution < 1.29 is 35.9 Å². The first-order valence-corrected chi connectivity index (χ1v) is 12.2. The second-order valence-electron chi connectivity index (χ2n) is 9.02. The summed E-state index contributed by atoms with van der Waals surface area (Å²) in [5, 5.41) is 10.1. The molecule has 11 nitrogen and oxygen atoms in total. The fourth-order valence-corrected chi connectivity index (χ4v) is 4.42. The van der Waals surface area contributed by atoms with E-state index in [-0.39, 0.29) is 42.5 Å². The molecule has 5 rings (SSSR count). The third-order valence-electron chi connectivity index (χ3n) is 6.41. The minimum absolute atomic E-state index is 0.0440. The number of para-hydroxylation sites is 1. The van der Waals surface area contributed by atoms with Crippen LogP contribution in [0, 0.1) is 18.6 Å². The number of urea groups is 1. The van der Waals surface area contributed by atoms with Crippen molar-refractivity contribution >= 4 is 11.7 Å². The molecule has 0 bridgehead atoms. The van der Waals surface area contributed by atoms with Crippen molar-refractivity contribution in [1.29, 1.82) is 0 Å². The van der Waals surface area contributed by atoms with E-state index in [0.29, 0.717) is 29.8 Å². The smallest absolute Gasteiger partial charge is 0.451 e. The quantitative estimate of drug-likeness (QED) is 0.326. The first-order chi connectivity index (χ1) is 19.5. The van der Waals surface area contributed by atoms with Gasteiger partial charge in [-0.2, -0.15) is 23.1 Å². The van der Waals surface area contributed by atoms with Gasteiger partial charge in [-0.3, -0.25) is 0 Å². The number of hydrogen-bond donors (Lipinski definition) is 1. The number of ether oxygens (including phenoxy) is 1. The summed E-state index contributed by atoms with van der Waals surface area (Å²) in [4.78, 5) is 29.6. The first kappa shape index (κ1) is 27.8. The summed E-state index contributed by atoms with van der Waals surface area (Å²) in [7, 11) is 1.39. The van der Waals surface area contributed by atoms with Crippen molar-refractivity contribution in [2.75, 3.05) is 25.5 Å². The number of hydrogen-bond acceptors (Lipinski definition) is 9. The number of anilines is 1. The van der Waals surface area contributed by atoms with Crippen molar-refractivity contribution in [2.24, 2.45) is 0 Å². The summed E-state index contributed by atoms with van der Waals surface area (Å²) >= 11 is 0. The van der Waals surface area contributed by atoms with Crippen LogP contribution in [0.5, 0.6) is 6.01 Å². The number of rotatable bonds is 5. The molecule has 1 aliphatic heterocycles. The van der Waals surface area contributed by atoms with Crippen LogP contribution in [0.3, 0.4) is 0 Å². The van der Waals surface area contributed by atoms with Gasteiger partial charge in [-0.1, -0.05) is 6.07 Å². The predicted octanol–water partition coefficient (Wildman–Crippen LogP) is 5.01. The lowest BCUT2D eigenvalue weighted by Crippen LogP contribution is -2.41. The zero-order valence-corrected chi connectivity index (χ0v) is 21.5. The summed E-state index contributed by atoms with van der Waals surface area (Å²) in [6.45, 7) is 2.12. The zero-order valence-electron chi connectivity index (χ0n) is 21.5. The highest BCUT2D eigenvalue weighted by Gasteiger charge is 2.35. The lowest BCUT2D eigenvalue weighted by molar-refractivity contribution is -0.144. The van der Waals surface area contributed by atoms with E-state index >= 15 is 0 Å². The number of aryl methyl sites for hydroxylation is 1. The van der Waals surface area contributed by atoms with Crippen molar-refractivity contribution in [3.05, 3.63) is 59.3 Å². The maximum Gasteiger partial charge on any atom is 0.451 e. The number of aromatic nitrogens is 6. The molecule has 0 saturated carbocycles. The highest BCUT2D eigenvalue weighted by molar-refractivity contribution is 5.89. The predicted molar refractivity (Wildman–Crippen MR) is 132 cm³/mol. The zero-order chi connectivity index (χ0) is 29.3. The summed E-state index contributed by atoms with van der Waals surface area (Å²) < 4.78 is 78.1. The molecule has 0 spiro atoms. The van der Waals surface area contributed by atoms with Crippen LogP contribution in [0.4, 0.5) is 32.4 Å². The van der Waals surface area contributed by atoms with Crippen LogP contribution in [0.15, 0.2) is 34.9 Å². The van der Waals surface area contributed by atoms with E-state index < -0.39 is 35.4 Å². The molecule has 4 heterocycles. The van der Waals surface area contributed by atoms with Gasteiger partial charge >= 0.3 is 18.2 Å². The van der Waals surface area contributed by atoms with E-state index in [1.807, 2.05) is 0 Å². The molecule has 1 fully saturated rings. The van der Waals surface area contributed by atoms with E-state index in [2.05, 4.69) is 35.5 Å². The number of likely N-dealkylation sites (tertiary alicyclic amines) is 1. The maximum atomic E-state index is 14.0. The van der Waals surface area contributed by atoms with Gasteiger partial charge < -0.3 is 19.4 Å². The molecule has 0 atom stereocenters. The monoisotopic (exact) mass is 576 g/mol. The van der Waals surface area contributed by atoms with E-state index in [1.54, 1.807) is 6.92 Å². The second-order valence-corrected chi connectivity index (χ2v) is 9.02. The number of halogens is 5. The summed E-state index contributed by atoms with van der Waals surface area (Å²) in [5.74, 6) is -3.69. The molecule has 1 N–H and O–H groups in total. The Labute approximate surface area is 228 Å². The molecule has 3 aromatic heterocycles. The van der Waals surface area contributed by atoms with Gasteiger partial charge in [-0.15, -0.1) is 10.2 Å². The molecule has 0 radical (unpaired) electrons. The Morgan fingerprint density at radius 3 is 2.39 bits per heavy atom. The van der Waals surface area contributed by atoms with Gasteiger partial charge in [0.05, 0.1) is 24.1 Å². The number of carbonyl (C=O) groups excluding carboxylic acids is 1. The van der Waals surface area contributed by atoms with Crippen LogP contribution in [-0.4, -0.2) is 61.3 Å². The number of benzene rings is 1. The van der Waals surface area contributed by atoms with Crippen molar-refractivity contribution in [3.63, 3.8) is 0 Å². The van der Waals surface area contributed by atoms with E-state index in [4.69, 9.17) is 9.15 Å². The van der Waals surface area contributed by atoms with Gasteiger partial charge in [0.15, 0.2) is 0 Å². The van der Waals surface area contributed by atoms with Crippen LogP contribution in [0.1, 0.15) is 36.0 Å². The van der Waals surface area contributed by atoms with Crippen LogP contribution in [-0.2, 0) is 6.18 Å². The molecular formula is C25H21F5N8O3. The largest absolute Gasteiger partial charge is 0.467 e. The SMILES string of the molecule is COc1nc(C)c(-c2nnc(-c3ccnc(C(F)(F)F)n3)o2)c(C2CCN(C(=O)Nc3c(F)cccc3F)CC2)n1. The molecular weight excluding hydrogens is 555 g/mol. The summed E-state index contributed by atoms with van der Waals surface area (Å²) in [6, 6.07) is 3.90. The minimum Gasteiger partial charge on any atom is -0.467 e. The van der Waals surface area contributed by atoms with Crippen molar-refractivity contribution in [3.8, 4) is 29.0 Å². The minimum atomic E-state index is -4.76. The number of piperidine rings is 1. The number of carbonyl (C=O) groups is 1. The number of nitrogens with zero attached hydrogens (tertiary/aromatic N) is 7. The van der Waals surface area contributed by atoms with Crippen LogP contribution in [0.25, 0.3) is 23.0 Å². The third-order valence-corrected chi connectivity index (χ3v) is 6.41. The maximum absolute atomic E-state index is 14.0. The number of nitrogens with one attached hydrogen (secondary N) is 1. The highest BCUT2D eigenvalue weighted by atomic mass is 19.4. The molecule has 214 valence electrons. The molecule has 1 saturated heterocycles. The van der Waals surface area contributed by atoms with Gasteiger partial charge in [0.1, 0.15) is 23.0 Å². The summed E-state index contributed by atoms with van der Waals surface area (Å²) in [6.07, 6.45) is -3.02. The molecule has 0 unspecified atom stereocenters. The Balaban J connectivity index is 1.39. The topological polar surface area (TPSA) is 132 Å². The Hall–Kier alpha value is -4.76. The van der Waals surface area contributed by atoms with E-state index in [0.717, 1.165) is 18.3 Å².